The molecule has 2 rings (SSSR count). The molecule has 0 saturated heterocycles. The quantitative estimate of drug-likeness (QED) is 0.865. The summed E-state index contributed by atoms with van der Waals surface area (Å²) >= 11 is 0. The molecule has 0 fully saturated rings. The maximum atomic E-state index is 12.3. The molecule has 2 aromatic rings. The fourth-order valence-corrected chi connectivity index (χ4v) is 3.20. The zero-order chi connectivity index (χ0) is 17.7. The van der Waals surface area contributed by atoms with E-state index in [0.717, 1.165) is 11.4 Å². The van der Waals surface area contributed by atoms with Gasteiger partial charge in [-0.05, 0) is 43.3 Å². The Hall–Kier alpha value is -2.25. The topological polar surface area (TPSA) is 79.4 Å². The number of carbonyl (C=O) groups excluding carboxylic acids is 1. The van der Waals surface area contributed by atoms with E-state index in [1.807, 2.05) is 25.1 Å². The minimum absolute atomic E-state index is 0.116. The molecule has 1 N–H and O–H groups in total. The third-order valence-electron chi connectivity index (χ3n) is 3.63. The van der Waals surface area contributed by atoms with E-state index in [4.69, 9.17) is 0 Å². The highest BCUT2D eigenvalue weighted by Crippen LogP contribution is 2.17. The van der Waals surface area contributed by atoms with E-state index in [0.29, 0.717) is 12.1 Å². The molecule has 0 atom stereocenters. The first-order valence-electron chi connectivity index (χ1n) is 7.56. The van der Waals surface area contributed by atoms with Crippen LogP contribution >= 0.6 is 0 Å². The zero-order valence-corrected chi connectivity index (χ0v) is 14.8. The number of benzene rings is 1. The number of sulfonamides is 1. The van der Waals surface area contributed by atoms with Gasteiger partial charge in [0.05, 0.1) is 4.90 Å². The van der Waals surface area contributed by atoms with Gasteiger partial charge in [0, 0.05) is 44.0 Å². The molecule has 0 bridgehead atoms. The van der Waals surface area contributed by atoms with Gasteiger partial charge in [-0.15, -0.1) is 0 Å². The van der Waals surface area contributed by atoms with Crippen LogP contribution in [0.15, 0.2) is 47.4 Å². The molecule has 0 unspecified atom stereocenters. The van der Waals surface area contributed by atoms with Crippen molar-refractivity contribution in [2.24, 2.45) is 0 Å². The van der Waals surface area contributed by atoms with Gasteiger partial charge in [-0.1, -0.05) is 6.07 Å². The third kappa shape index (κ3) is 4.62. The highest BCUT2D eigenvalue weighted by Gasteiger charge is 2.14. The second-order valence-electron chi connectivity index (χ2n) is 5.49. The van der Waals surface area contributed by atoms with Gasteiger partial charge >= 0.3 is 0 Å². The molecule has 0 saturated carbocycles. The molecule has 24 heavy (non-hydrogen) atoms. The summed E-state index contributed by atoms with van der Waals surface area (Å²) < 4.78 is 27.2. The number of rotatable bonds is 6. The van der Waals surface area contributed by atoms with Crippen molar-refractivity contribution in [1.29, 1.82) is 0 Å². The van der Waals surface area contributed by atoms with E-state index < -0.39 is 10.0 Å². The maximum Gasteiger partial charge on any atom is 0.240 e. The van der Waals surface area contributed by atoms with Crippen molar-refractivity contribution in [2.75, 3.05) is 18.5 Å². The summed E-state index contributed by atoms with van der Waals surface area (Å²) in [6.45, 7) is 3.62. The van der Waals surface area contributed by atoms with Crippen LogP contribution < -0.4 is 9.62 Å². The minimum atomic E-state index is -3.58. The van der Waals surface area contributed by atoms with E-state index in [-0.39, 0.29) is 17.3 Å². The van der Waals surface area contributed by atoms with Crippen molar-refractivity contribution in [1.82, 2.24) is 9.71 Å². The Morgan fingerprint density at radius 1 is 1.17 bits per heavy atom. The fourth-order valence-electron chi connectivity index (χ4n) is 2.17. The van der Waals surface area contributed by atoms with Gasteiger partial charge in [-0.3, -0.25) is 9.78 Å². The summed E-state index contributed by atoms with van der Waals surface area (Å²) in [5.41, 5.74) is 2.39. The SMILES string of the molecule is CC(=O)N(C)c1ccc(S(=O)(=O)NCCc2cccc(C)n2)cc1. The number of hydrogen-bond acceptors (Lipinski definition) is 4. The largest absolute Gasteiger partial charge is 0.316 e. The van der Waals surface area contributed by atoms with Crippen LogP contribution in [-0.4, -0.2) is 32.9 Å². The molecule has 1 heterocycles. The van der Waals surface area contributed by atoms with Crippen molar-refractivity contribution < 1.29 is 13.2 Å². The Morgan fingerprint density at radius 2 is 1.83 bits per heavy atom. The monoisotopic (exact) mass is 347 g/mol. The molecule has 0 spiro atoms. The van der Waals surface area contributed by atoms with Crippen LogP contribution in [0, 0.1) is 6.92 Å². The molecular weight excluding hydrogens is 326 g/mol. The molecule has 1 aromatic carbocycles. The molecule has 0 aliphatic carbocycles. The number of aryl methyl sites for hydroxylation is 1. The van der Waals surface area contributed by atoms with Crippen molar-refractivity contribution in [2.45, 2.75) is 25.2 Å². The lowest BCUT2D eigenvalue weighted by Crippen LogP contribution is -2.26. The van der Waals surface area contributed by atoms with E-state index in [9.17, 15) is 13.2 Å². The lowest BCUT2D eigenvalue weighted by Gasteiger charge is -2.15. The molecule has 7 heteroatoms. The number of aromatic nitrogens is 1. The minimum Gasteiger partial charge on any atom is -0.316 e. The van der Waals surface area contributed by atoms with Gasteiger partial charge < -0.3 is 4.90 Å². The second kappa shape index (κ2) is 7.55. The zero-order valence-electron chi connectivity index (χ0n) is 14.0. The van der Waals surface area contributed by atoms with Gasteiger partial charge in [0.25, 0.3) is 0 Å². The van der Waals surface area contributed by atoms with Gasteiger partial charge in [-0.25, -0.2) is 13.1 Å². The predicted molar refractivity (Wildman–Crippen MR) is 93.4 cm³/mol. The average Bonchev–Trinajstić information content (AvgIpc) is 2.54. The third-order valence-corrected chi connectivity index (χ3v) is 5.10. The predicted octanol–water partition coefficient (Wildman–Crippen LogP) is 1.89. The Kier molecular flexibility index (Phi) is 5.69. The first kappa shape index (κ1) is 18.1. The van der Waals surface area contributed by atoms with Crippen LogP contribution in [-0.2, 0) is 21.2 Å². The number of amides is 1. The van der Waals surface area contributed by atoms with Gasteiger partial charge in [0.15, 0.2) is 0 Å². The molecule has 0 aliphatic rings. The van der Waals surface area contributed by atoms with Crippen LogP contribution in [0.5, 0.6) is 0 Å². The molecular formula is C17H21N3O3S. The smallest absolute Gasteiger partial charge is 0.240 e. The molecule has 6 nitrogen and oxygen atoms in total. The Morgan fingerprint density at radius 3 is 2.42 bits per heavy atom. The normalized spacial score (nSPS) is 11.3. The molecule has 0 aliphatic heterocycles. The van der Waals surface area contributed by atoms with Gasteiger partial charge in [0.2, 0.25) is 15.9 Å². The van der Waals surface area contributed by atoms with E-state index >= 15 is 0 Å². The highest BCUT2D eigenvalue weighted by molar-refractivity contribution is 7.89. The fraction of sp³-hybridized carbons (Fsp3) is 0.294. The maximum absolute atomic E-state index is 12.3. The summed E-state index contributed by atoms with van der Waals surface area (Å²) in [6, 6.07) is 11.9. The van der Waals surface area contributed by atoms with Crippen molar-refractivity contribution in [3.8, 4) is 0 Å². The summed E-state index contributed by atoms with van der Waals surface area (Å²) in [4.78, 5) is 17.3. The second-order valence-corrected chi connectivity index (χ2v) is 7.26. The first-order chi connectivity index (χ1) is 11.3. The Bertz CT molecular complexity index is 817. The molecule has 0 radical (unpaired) electrons. The lowest BCUT2D eigenvalue weighted by atomic mass is 10.2. The highest BCUT2D eigenvalue weighted by atomic mass is 32.2. The van der Waals surface area contributed by atoms with Crippen molar-refractivity contribution in [3.05, 3.63) is 53.9 Å². The lowest BCUT2D eigenvalue weighted by molar-refractivity contribution is -0.116. The van der Waals surface area contributed by atoms with E-state index in [1.54, 1.807) is 19.2 Å². The standard InChI is InChI=1S/C17H21N3O3S/c1-13-5-4-6-15(19-13)11-12-18-24(22,23)17-9-7-16(8-10-17)20(3)14(2)21/h4-10,18H,11-12H2,1-3H3. The Labute approximate surface area is 142 Å². The number of carbonyl (C=O) groups is 1. The molecule has 1 amide bonds. The van der Waals surface area contributed by atoms with Crippen LogP contribution in [0.4, 0.5) is 5.69 Å². The van der Waals surface area contributed by atoms with E-state index in [1.165, 1.54) is 24.0 Å². The van der Waals surface area contributed by atoms with Crippen molar-refractivity contribution >= 4 is 21.6 Å². The summed E-state index contributed by atoms with van der Waals surface area (Å²) in [5.74, 6) is -0.116. The number of nitrogens with one attached hydrogen (secondary N) is 1. The summed E-state index contributed by atoms with van der Waals surface area (Å²) in [7, 11) is -1.95. The number of hydrogen-bond donors (Lipinski definition) is 1. The summed E-state index contributed by atoms with van der Waals surface area (Å²) in [6.07, 6.45) is 0.520. The number of nitrogens with zero attached hydrogens (tertiary/aromatic N) is 2. The van der Waals surface area contributed by atoms with Crippen LogP contribution in [0.2, 0.25) is 0 Å². The van der Waals surface area contributed by atoms with Gasteiger partial charge in [-0.2, -0.15) is 0 Å². The van der Waals surface area contributed by atoms with Crippen LogP contribution in [0.1, 0.15) is 18.3 Å². The first-order valence-corrected chi connectivity index (χ1v) is 9.04. The van der Waals surface area contributed by atoms with E-state index in [2.05, 4.69) is 9.71 Å². The number of pyridine rings is 1. The van der Waals surface area contributed by atoms with Gasteiger partial charge in [0.1, 0.15) is 0 Å². The molecule has 1 aromatic heterocycles. The average molecular weight is 347 g/mol. The Balaban J connectivity index is 2.01. The van der Waals surface area contributed by atoms with Crippen LogP contribution in [0.3, 0.4) is 0 Å². The van der Waals surface area contributed by atoms with Crippen LogP contribution in [0.25, 0.3) is 0 Å². The molecule has 128 valence electrons. The summed E-state index contributed by atoms with van der Waals surface area (Å²) in [5, 5.41) is 0. The van der Waals surface area contributed by atoms with Crippen molar-refractivity contribution in [3.63, 3.8) is 0 Å². The number of anilines is 1.